The number of benzene rings is 1. The van der Waals surface area contributed by atoms with Gasteiger partial charge in [-0.1, -0.05) is 18.2 Å². The minimum atomic E-state index is 0.679. The normalized spacial score (nSPS) is 10.1. The molecule has 0 bridgehead atoms. The molecule has 0 N–H and O–H groups in total. The third-order valence-electron chi connectivity index (χ3n) is 2.80. The molecule has 0 saturated heterocycles. The van der Waals surface area contributed by atoms with Gasteiger partial charge in [-0.3, -0.25) is 9.78 Å². The quantitative estimate of drug-likeness (QED) is 0.714. The van der Waals surface area contributed by atoms with E-state index in [1.54, 1.807) is 18.5 Å². The summed E-state index contributed by atoms with van der Waals surface area (Å²) in [6.07, 6.45) is 4.23. The molecule has 0 amide bonds. The number of aromatic nitrogens is 1. The van der Waals surface area contributed by atoms with Crippen LogP contribution < -0.4 is 0 Å². The molecular weight excluding hydrogens is 198 g/mol. The third-order valence-corrected chi connectivity index (χ3v) is 2.80. The number of pyridine rings is 1. The fourth-order valence-corrected chi connectivity index (χ4v) is 1.66. The molecule has 0 unspecified atom stereocenters. The predicted molar refractivity (Wildman–Crippen MR) is 64.5 cm³/mol. The molecule has 2 rings (SSSR count). The van der Waals surface area contributed by atoms with Crippen LogP contribution in [-0.4, -0.2) is 11.3 Å². The van der Waals surface area contributed by atoms with E-state index in [1.165, 1.54) is 11.1 Å². The summed E-state index contributed by atoms with van der Waals surface area (Å²) < 4.78 is 0. The highest BCUT2D eigenvalue weighted by atomic mass is 16.1. The minimum Gasteiger partial charge on any atom is -0.298 e. The highest BCUT2D eigenvalue weighted by molar-refractivity contribution is 5.87. The topological polar surface area (TPSA) is 30.0 Å². The van der Waals surface area contributed by atoms with E-state index in [-0.39, 0.29) is 0 Å². The first-order valence-corrected chi connectivity index (χ1v) is 5.19. The first-order valence-electron chi connectivity index (χ1n) is 5.19. The second-order valence-corrected chi connectivity index (χ2v) is 3.88. The van der Waals surface area contributed by atoms with Crippen LogP contribution >= 0.6 is 0 Å². The Morgan fingerprint density at radius 1 is 1.12 bits per heavy atom. The molecule has 80 valence electrons. The molecule has 0 atom stereocenters. The molecule has 0 aliphatic rings. The van der Waals surface area contributed by atoms with Crippen molar-refractivity contribution in [1.82, 2.24) is 4.98 Å². The lowest BCUT2D eigenvalue weighted by Gasteiger charge is -2.06. The Hall–Kier alpha value is -1.96. The van der Waals surface area contributed by atoms with Gasteiger partial charge in [0.25, 0.3) is 0 Å². The van der Waals surface area contributed by atoms with E-state index < -0.39 is 0 Å². The molecule has 1 heterocycles. The summed E-state index contributed by atoms with van der Waals surface area (Å²) in [5, 5.41) is 0. The summed E-state index contributed by atoms with van der Waals surface area (Å²) in [4.78, 5) is 15.0. The smallest absolute Gasteiger partial charge is 0.150 e. The molecule has 0 aliphatic carbocycles. The van der Waals surface area contributed by atoms with E-state index in [2.05, 4.69) is 31.0 Å². The van der Waals surface area contributed by atoms with Crippen LogP contribution in [0, 0.1) is 13.8 Å². The van der Waals surface area contributed by atoms with Crippen molar-refractivity contribution in [3.63, 3.8) is 0 Å². The molecule has 2 heteroatoms. The van der Waals surface area contributed by atoms with Crippen LogP contribution in [0.3, 0.4) is 0 Å². The Balaban J connectivity index is 2.58. The molecule has 1 aromatic heterocycles. The molecule has 16 heavy (non-hydrogen) atoms. The van der Waals surface area contributed by atoms with Gasteiger partial charge in [0.2, 0.25) is 0 Å². The van der Waals surface area contributed by atoms with Gasteiger partial charge in [-0.25, -0.2) is 0 Å². The molecule has 0 radical (unpaired) electrons. The van der Waals surface area contributed by atoms with Gasteiger partial charge in [-0.2, -0.15) is 0 Å². The van der Waals surface area contributed by atoms with Crippen molar-refractivity contribution in [3.05, 3.63) is 53.3 Å². The van der Waals surface area contributed by atoms with Gasteiger partial charge in [-0.15, -0.1) is 0 Å². The number of aldehydes is 1. The van der Waals surface area contributed by atoms with Gasteiger partial charge in [0.1, 0.15) is 0 Å². The van der Waals surface area contributed by atoms with Crippen molar-refractivity contribution >= 4 is 6.29 Å². The summed E-state index contributed by atoms with van der Waals surface area (Å²) in [6, 6.07) is 7.90. The maximum Gasteiger partial charge on any atom is 0.150 e. The van der Waals surface area contributed by atoms with E-state index in [0.29, 0.717) is 5.56 Å². The van der Waals surface area contributed by atoms with Crippen LogP contribution in [0.25, 0.3) is 11.1 Å². The van der Waals surface area contributed by atoms with Crippen molar-refractivity contribution in [2.24, 2.45) is 0 Å². The van der Waals surface area contributed by atoms with Gasteiger partial charge in [-0.05, 0) is 36.6 Å². The Bertz CT molecular complexity index is 532. The molecule has 1 aromatic carbocycles. The summed E-state index contributed by atoms with van der Waals surface area (Å²) in [7, 11) is 0. The molecule has 2 aromatic rings. The highest BCUT2D eigenvalue weighted by Gasteiger charge is 2.05. The van der Waals surface area contributed by atoms with E-state index >= 15 is 0 Å². The monoisotopic (exact) mass is 211 g/mol. The number of carbonyl (C=O) groups is 1. The molecule has 0 saturated carbocycles. The third kappa shape index (κ3) is 1.87. The molecule has 0 spiro atoms. The van der Waals surface area contributed by atoms with Crippen LogP contribution in [0.15, 0.2) is 36.7 Å². The van der Waals surface area contributed by atoms with Crippen molar-refractivity contribution in [2.45, 2.75) is 13.8 Å². The van der Waals surface area contributed by atoms with Gasteiger partial charge in [0.15, 0.2) is 6.29 Å². The van der Waals surface area contributed by atoms with E-state index in [0.717, 1.165) is 17.4 Å². The Kier molecular flexibility index (Phi) is 2.82. The molecule has 0 fully saturated rings. The van der Waals surface area contributed by atoms with Crippen LogP contribution in [0.5, 0.6) is 0 Å². The van der Waals surface area contributed by atoms with Gasteiger partial charge in [0.05, 0.1) is 0 Å². The lowest BCUT2D eigenvalue weighted by Crippen LogP contribution is -1.90. The zero-order valence-electron chi connectivity index (χ0n) is 9.40. The van der Waals surface area contributed by atoms with Crippen LogP contribution in [-0.2, 0) is 0 Å². The maximum atomic E-state index is 10.9. The maximum absolute atomic E-state index is 10.9. The van der Waals surface area contributed by atoms with E-state index in [4.69, 9.17) is 0 Å². The number of aryl methyl sites for hydroxylation is 2. The standard InChI is InChI=1S/C14H13NO/c1-10-3-4-12(7-11(10)2)14-8-15-6-5-13(14)9-16/h3-9H,1-2H3. The van der Waals surface area contributed by atoms with Crippen LogP contribution in [0.1, 0.15) is 21.5 Å². The summed E-state index contributed by atoms with van der Waals surface area (Å²) in [5.41, 5.74) is 5.08. The van der Waals surface area contributed by atoms with Gasteiger partial charge in [0, 0.05) is 23.5 Å². The highest BCUT2D eigenvalue weighted by Crippen LogP contribution is 2.23. The Morgan fingerprint density at radius 2 is 1.94 bits per heavy atom. The van der Waals surface area contributed by atoms with Crippen molar-refractivity contribution in [3.8, 4) is 11.1 Å². The summed E-state index contributed by atoms with van der Waals surface area (Å²) >= 11 is 0. The number of rotatable bonds is 2. The minimum absolute atomic E-state index is 0.679. The summed E-state index contributed by atoms with van der Waals surface area (Å²) in [5.74, 6) is 0. The first kappa shape index (κ1) is 10.6. The van der Waals surface area contributed by atoms with Crippen molar-refractivity contribution in [1.29, 1.82) is 0 Å². The van der Waals surface area contributed by atoms with Crippen molar-refractivity contribution < 1.29 is 4.79 Å². The second kappa shape index (κ2) is 4.27. The van der Waals surface area contributed by atoms with Crippen LogP contribution in [0.4, 0.5) is 0 Å². The first-order chi connectivity index (χ1) is 7.72. The zero-order valence-corrected chi connectivity index (χ0v) is 9.40. The molecular formula is C14H13NO. The van der Waals surface area contributed by atoms with Gasteiger partial charge >= 0.3 is 0 Å². The largest absolute Gasteiger partial charge is 0.298 e. The van der Waals surface area contributed by atoms with Crippen LogP contribution in [0.2, 0.25) is 0 Å². The Morgan fingerprint density at radius 3 is 2.62 bits per heavy atom. The fraction of sp³-hybridized carbons (Fsp3) is 0.143. The average Bonchev–Trinajstić information content (AvgIpc) is 2.32. The van der Waals surface area contributed by atoms with Gasteiger partial charge < -0.3 is 0 Å². The summed E-state index contributed by atoms with van der Waals surface area (Å²) in [6.45, 7) is 4.14. The average molecular weight is 211 g/mol. The predicted octanol–water partition coefficient (Wildman–Crippen LogP) is 3.18. The van der Waals surface area contributed by atoms with E-state index in [9.17, 15) is 4.79 Å². The van der Waals surface area contributed by atoms with Crippen molar-refractivity contribution in [2.75, 3.05) is 0 Å². The molecule has 2 nitrogen and oxygen atoms in total. The number of hydrogen-bond acceptors (Lipinski definition) is 2. The van der Waals surface area contributed by atoms with E-state index in [1.807, 2.05) is 6.07 Å². The molecule has 0 aliphatic heterocycles. The lowest BCUT2D eigenvalue weighted by molar-refractivity contribution is 0.112. The number of carbonyl (C=O) groups excluding carboxylic acids is 1. The second-order valence-electron chi connectivity index (χ2n) is 3.88. The SMILES string of the molecule is Cc1ccc(-c2cnccc2C=O)cc1C. The Labute approximate surface area is 95.0 Å². The number of nitrogens with zero attached hydrogens (tertiary/aromatic N) is 1. The number of hydrogen-bond donors (Lipinski definition) is 0. The lowest BCUT2D eigenvalue weighted by atomic mass is 9.99. The fourth-order valence-electron chi connectivity index (χ4n) is 1.66. The zero-order chi connectivity index (χ0) is 11.5.